The largest absolute Gasteiger partial charge is 1.00 e. The molecule has 0 aromatic heterocycles. The summed E-state index contributed by atoms with van der Waals surface area (Å²) in [6.07, 6.45) is 3.17. The van der Waals surface area contributed by atoms with Gasteiger partial charge in [0, 0.05) is 0 Å². The van der Waals surface area contributed by atoms with E-state index in [0.717, 1.165) is 0 Å². The third kappa shape index (κ3) is 7.25. The van der Waals surface area contributed by atoms with Gasteiger partial charge in [-0.05, 0) is 17.7 Å². The molecule has 0 N–H and O–H groups in total. The fraction of sp³-hybridized carbons (Fsp3) is 0. The molecule has 0 bridgehead atoms. The smallest absolute Gasteiger partial charge is 0.744 e. The van der Waals surface area contributed by atoms with Crippen LogP contribution in [0.4, 0.5) is 0 Å². The minimum absolute atomic E-state index is 0. The van der Waals surface area contributed by atoms with Gasteiger partial charge in [0.15, 0.2) is 0 Å². The maximum atomic E-state index is 10.6. The molecule has 17 heavy (non-hydrogen) atoms. The van der Waals surface area contributed by atoms with E-state index in [0.29, 0.717) is 11.8 Å². The van der Waals surface area contributed by atoms with Crippen molar-refractivity contribution in [2.24, 2.45) is 0 Å². The number of allylic oxidation sites excluding steroid dienone is 1. The monoisotopic (exact) mass is 262 g/mol. The molecule has 0 saturated heterocycles. The van der Waals surface area contributed by atoms with Crippen molar-refractivity contribution in [2.45, 2.75) is 4.90 Å². The first-order chi connectivity index (χ1) is 7.47. The van der Waals surface area contributed by atoms with Crippen molar-refractivity contribution < 1.29 is 47.3 Å². The minimum Gasteiger partial charge on any atom is -0.744 e. The molecule has 0 fully saturated rings. The average Bonchev–Trinajstić information content (AvgIpc) is 2.28. The standard InChI is InChI=1S/C8H8O3S.C3H4O.Na/c1-2-7-5-3-4-6-8(7)12(9,10)11;1-2-3-4;/h2-6H,1H2,(H,9,10,11);2-3H,1H2;/q;;+1/p-1. The molecule has 6 heteroatoms. The molecule has 1 aromatic carbocycles. The molecule has 86 valence electrons. The third-order valence-corrected chi connectivity index (χ3v) is 2.41. The maximum Gasteiger partial charge on any atom is 1.00 e. The first-order valence-corrected chi connectivity index (χ1v) is 5.61. The van der Waals surface area contributed by atoms with Crippen LogP contribution in [0.2, 0.25) is 0 Å². The van der Waals surface area contributed by atoms with Crippen molar-refractivity contribution in [2.75, 3.05) is 0 Å². The Bertz CT molecular complexity index is 474. The summed E-state index contributed by atoms with van der Waals surface area (Å²) in [7, 11) is -4.37. The van der Waals surface area contributed by atoms with Crippen molar-refractivity contribution in [1.82, 2.24) is 0 Å². The second kappa shape index (κ2) is 9.32. The summed E-state index contributed by atoms with van der Waals surface area (Å²) in [4.78, 5) is 8.83. The van der Waals surface area contributed by atoms with Crippen molar-refractivity contribution in [3.8, 4) is 0 Å². The normalized spacial score (nSPS) is 9.00. The number of hydrogen-bond donors (Lipinski definition) is 0. The van der Waals surface area contributed by atoms with Crippen LogP contribution in [-0.4, -0.2) is 19.3 Å². The molecule has 0 heterocycles. The zero-order valence-electron chi connectivity index (χ0n) is 9.50. The van der Waals surface area contributed by atoms with E-state index in [1.54, 1.807) is 6.07 Å². The molecule has 0 aliphatic carbocycles. The molecular formula is C11H11NaO4S. The first-order valence-electron chi connectivity index (χ1n) is 4.21. The first kappa shape index (κ1) is 18.6. The van der Waals surface area contributed by atoms with Gasteiger partial charge in [-0.2, -0.15) is 0 Å². The molecule has 0 aliphatic heterocycles. The van der Waals surface area contributed by atoms with E-state index in [1.165, 1.54) is 30.4 Å². The fourth-order valence-corrected chi connectivity index (χ4v) is 1.56. The van der Waals surface area contributed by atoms with Crippen LogP contribution in [0, 0.1) is 0 Å². The molecule has 0 atom stereocenters. The SMILES string of the molecule is C=CC=O.C=Cc1ccccc1S(=O)(=O)[O-].[Na+]. The Morgan fingerprint density at radius 2 is 1.65 bits per heavy atom. The van der Waals surface area contributed by atoms with E-state index in [1.807, 2.05) is 0 Å². The zero-order valence-corrected chi connectivity index (χ0v) is 12.3. The van der Waals surface area contributed by atoms with Gasteiger partial charge in [0.25, 0.3) is 0 Å². The van der Waals surface area contributed by atoms with Gasteiger partial charge >= 0.3 is 29.6 Å². The van der Waals surface area contributed by atoms with Crippen LogP contribution >= 0.6 is 0 Å². The quantitative estimate of drug-likeness (QED) is 0.291. The molecule has 0 aliphatic rings. The number of carbonyl (C=O) groups is 1. The Kier molecular flexibility index (Phi) is 10.2. The summed E-state index contributed by atoms with van der Waals surface area (Å²) >= 11 is 0. The third-order valence-electron chi connectivity index (χ3n) is 1.50. The average molecular weight is 262 g/mol. The fourth-order valence-electron chi connectivity index (χ4n) is 0.877. The number of hydrogen-bond acceptors (Lipinski definition) is 4. The molecule has 0 spiro atoms. The van der Waals surface area contributed by atoms with Crippen LogP contribution < -0.4 is 29.6 Å². The van der Waals surface area contributed by atoms with Crippen LogP contribution in [-0.2, 0) is 14.9 Å². The van der Waals surface area contributed by atoms with Gasteiger partial charge in [0.1, 0.15) is 16.4 Å². The van der Waals surface area contributed by atoms with Crippen molar-refractivity contribution in [1.29, 1.82) is 0 Å². The van der Waals surface area contributed by atoms with E-state index in [4.69, 9.17) is 4.79 Å². The van der Waals surface area contributed by atoms with E-state index in [-0.39, 0.29) is 34.5 Å². The summed E-state index contributed by atoms with van der Waals surface area (Å²) in [6, 6.07) is 5.93. The Balaban J connectivity index is 0. The van der Waals surface area contributed by atoms with E-state index in [9.17, 15) is 13.0 Å². The Morgan fingerprint density at radius 1 is 1.18 bits per heavy atom. The van der Waals surface area contributed by atoms with Crippen LogP contribution in [0.3, 0.4) is 0 Å². The predicted molar refractivity (Wildman–Crippen MR) is 60.8 cm³/mol. The van der Waals surface area contributed by atoms with Gasteiger partial charge in [-0.1, -0.05) is 37.4 Å². The number of rotatable bonds is 3. The molecule has 1 rings (SSSR count). The Morgan fingerprint density at radius 3 is 1.94 bits per heavy atom. The molecule has 0 unspecified atom stereocenters. The molecule has 0 radical (unpaired) electrons. The topological polar surface area (TPSA) is 74.3 Å². The van der Waals surface area contributed by atoms with Crippen LogP contribution in [0.1, 0.15) is 5.56 Å². The number of benzene rings is 1. The predicted octanol–water partition coefficient (Wildman–Crippen LogP) is -1.39. The van der Waals surface area contributed by atoms with Crippen LogP contribution in [0.15, 0.2) is 48.4 Å². The number of aldehydes is 1. The van der Waals surface area contributed by atoms with Crippen molar-refractivity contribution in [3.05, 3.63) is 49.1 Å². The van der Waals surface area contributed by atoms with Gasteiger partial charge in [-0.3, -0.25) is 4.79 Å². The van der Waals surface area contributed by atoms with Gasteiger partial charge in [-0.25, -0.2) is 8.42 Å². The van der Waals surface area contributed by atoms with E-state index >= 15 is 0 Å². The van der Waals surface area contributed by atoms with Gasteiger partial charge in [0.05, 0.1) is 4.90 Å². The van der Waals surface area contributed by atoms with Gasteiger partial charge in [-0.15, -0.1) is 0 Å². The van der Waals surface area contributed by atoms with E-state index < -0.39 is 10.1 Å². The summed E-state index contributed by atoms with van der Waals surface area (Å²) in [5.74, 6) is 0. The zero-order chi connectivity index (χ0) is 12.6. The second-order valence-electron chi connectivity index (χ2n) is 2.57. The van der Waals surface area contributed by atoms with Crippen molar-refractivity contribution in [3.63, 3.8) is 0 Å². The maximum absolute atomic E-state index is 10.6. The van der Waals surface area contributed by atoms with Gasteiger partial charge in [0.2, 0.25) is 0 Å². The summed E-state index contributed by atoms with van der Waals surface area (Å²) in [5.41, 5.74) is 0.340. The van der Waals surface area contributed by atoms with Crippen LogP contribution in [0.5, 0.6) is 0 Å². The van der Waals surface area contributed by atoms with Gasteiger partial charge < -0.3 is 4.55 Å². The summed E-state index contributed by atoms with van der Waals surface area (Å²) in [6.45, 7) is 6.51. The molecule has 1 aromatic rings. The Hall–Kier alpha value is -0.720. The van der Waals surface area contributed by atoms with Crippen LogP contribution in [0.25, 0.3) is 6.08 Å². The number of carbonyl (C=O) groups excluding carboxylic acids is 1. The molecule has 0 amide bonds. The summed E-state index contributed by atoms with van der Waals surface area (Å²) in [5, 5.41) is 0. The molecule has 0 saturated carbocycles. The second-order valence-corrected chi connectivity index (χ2v) is 3.92. The van der Waals surface area contributed by atoms with Crippen molar-refractivity contribution >= 4 is 22.5 Å². The minimum atomic E-state index is -4.37. The summed E-state index contributed by atoms with van der Waals surface area (Å²) < 4.78 is 31.8. The Labute approximate surface area is 123 Å². The van der Waals surface area contributed by atoms with E-state index in [2.05, 4.69) is 13.2 Å². The molecular weight excluding hydrogens is 251 g/mol. The molecule has 4 nitrogen and oxygen atoms in total.